The molecule has 2 aromatic rings. The van der Waals surface area contributed by atoms with Gasteiger partial charge < -0.3 is 5.73 Å². The molecule has 0 aliphatic heterocycles. The van der Waals surface area contributed by atoms with E-state index in [1.165, 1.54) is 36.6 Å². The molecule has 0 radical (unpaired) electrons. The topological polar surface area (TPSA) is 38.9 Å². The van der Waals surface area contributed by atoms with Gasteiger partial charge in [-0.15, -0.1) is 0 Å². The second-order valence-corrected chi connectivity index (χ2v) is 5.71. The summed E-state index contributed by atoms with van der Waals surface area (Å²) in [7, 11) is 0. The van der Waals surface area contributed by atoms with E-state index >= 15 is 0 Å². The van der Waals surface area contributed by atoms with Crippen molar-refractivity contribution in [3.05, 3.63) is 42.1 Å². The van der Waals surface area contributed by atoms with Crippen molar-refractivity contribution in [2.75, 3.05) is 0 Å². The normalized spacial score (nSPS) is 14.3. The molecule has 0 fully saturated rings. The van der Waals surface area contributed by atoms with Crippen LogP contribution in [0.1, 0.15) is 57.6 Å². The number of aromatic nitrogens is 1. The summed E-state index contributed by atoms with van der Waals surface area (Å²) < 4.78 is 0. The molecule has 2 unspecified atom stereocenters. The Labute approximate surface area is 122 Å². The SMILES string of the molecule is CCCCC(CC)CC(N)c1ccc2ncccc2c1. The highest BCUT2D eigenvalue weighted by atomic mass is 14.7. The van der Waals surface area contributed by atoms with E-state index < -0.39 is 0 Å². The van der Waals surface area contributed by atoms with E-state index in [0.717, 1.165) is 17.9 Å². The molecule has 0 aliphatic carbocycles. The van der Waals surface area contributed by atoms with Crippen LogP contribution in [0.4, 0.5) is 0 Å². The van der Waals surface area contributed by atoms with E-state index in [4.69, 9.17) is 5.73 Å². The molecule has 0 saturated heterocycles. The number of nitrogens with zero attached hydrogens (tertiary/aromatic N) is 1. The molecule has 0 bridgehead atoms. The predicted molar refractivity (Wildman–Crippen MR) is 86.6 cm³/mol. The van der Waals surface area contributed by atoms with Crippen molar-refractivity contribution in [1.29, 1.82) is 0 Å². The van der Waals surface area contributed by atoms with Crippen LogP contribution in [0.15, 0.2) is 36.5 Å². The van der Waals surface area contributed by atoms with Gasteiger partial charge in [0.2, 0.25) is 0 Å². The van der Waals surface area contributed by atoms with Gasteiger partial charge in [0.05, 0.1) is 5.52 Å². The van der Waals surface area contributed by atoms with Gasteiger partial charge in [0.15, 0.2) is 0 Å². The fourth-order valence-corrected chi connectivity index (χ4v) is 2.80. The number of nitrogens with two attached hydrogens (primary N) is 1. The molecule has 0 amide bonds. The first kappa shape index (κ1) is 15.0. The highest BCUT2D eigenvalue weighted by molar-refractivity contribution is 5.79. The molecular weight excluding hydrogens is 244 g/mol. The van der Waals surface area contributed by atoms with E-state index in [-0.39, 0.29) is 6.04 Å². The second kappa shape index (κ2) is 7.39. The molecule has 1 aromatic carbocycles. The zero-order valence-electron chi connectivity index (χ0n) is 12.7. The quantitative estimate of drug-likeness (QED) is 0.781. The summed E-state index contributed by atoms with van der Waals surface area (Å²) in [5, 5.41) is 1.18. The number of hydrogen-bond acceptors (Lipinski definition) is 2. The fourth-order valence-electron chi connectivity index (χ4n) is 2.80. The van der Waals surface area contributed by atoms with Crippen LogP contribution in [0.25, 0.3) is 10.9 Å². The monoisotopic (exact) mass is 270 g/mol. The lowest BCUT2D eigenvalue weighted by molar-refractivity contribution is 0.388. The van der Waals surface area contributed by atoms with Crippen molar-refractivity contribution < 1.29 is 0 Å². The van der Waals surface area contributed by atoms with Gasteiger partial charge in [0, 0.05) is 17.6 Å². The molecule has 20 heavy (non-hydrogen) atoms. The van der Waals surface area contributed by atoms with E-state index in [9.17, 15) is 0 Å². The third-order valence-electron chi connectivity index (χ3n) is 4.19. The standard InChI is InChI=1S/C18H26N2/c1-3-5-7-14(4-2)12-17(19)15-9-10-18-16(13-15)8-6-11-20-18/h6,8-11,13-14,17H,3-5,7,12,19H2,1-2H3. The van der Waals surface area contributed by atoms with Crippen molar-refractivity contribution >= 4 is 10.9 Å². The summed E-state index contributed by atoms with van der Waals surface area (Å²) >= 11 is 0. The third kappa shape index (κ3) is 3.80. The molecule has 2 nitrogen and oxygen atoms in total. The highest BCUT2D eigenvalue weighted by Gasteiger charge is 2.13. The van der Waals surface area contributed by atoms with Crippen molar-refractivity contribution in [3.8, 4) is 0 Å². The fraction of sp³-hybridized carbons (Fsp3) is 0.500. The third-order valence-corrected chi connectivity index (χ3v) is 4.19. The Balaban J connectivity index is 2.07. The molecule has 1 heterocycles. The summed E-state index contributed by atoms with van der Waals surface area (Å²) in [5.74, 6) is 0.745. The molecule has 2 rings (SSSR count). The summed E-state index contributed by atoms with van der Waals surface area (Å²) in [5.41, 5.74) is 8.69. The first-order valence-electron chi connectivity index (χ1n) is 7.84. The van der Waals surface area contributed by atoms with E-state index in [1.807, 2.05) is 12.3 Å². The van der Waals surface area contributed by atoms with Crippen LogP contribution in [-0.2, 0) is 0 Å². The van der Waals surface area contributed by atoms with E-state index in [2.05, 4.69) is 43.1 Å². The summed E-state index contributed by atoms with van der Waals surface area (Å²) in [6, 6.07) is 10.6. The van der Waals surface area contributed by atoms with Crippen LogP contribution in [0.2, 0.25) is 0 Å². The number of pyridine rings is 1. The molecular formula is C18H26N2. The van der Waals surface area contributed by atoms with Gasteiger partial charge >= 0.3 is 0 Å². The Morgan fingerprint density at radius 1 is 1.20 bits per heavy atom. The smallest absolute Gasteiger partial charge is 0.0702 e. The van der Waals surface area contributed by atoms with Gasteiger partial charge in [0.1, 0.15) is 0 Å². The summed E-state index contributed by atoms with van der Waals surface area (Å²) in [6.45, 7) is 4.53. The van der Waals surface area contributed by atoms with E-state index in [1.54, 1.807) is 0 Å². The summed E-state index contributed by atoms with van der Waals surface area (Å²) in [6.07, 6.45) is 8.03. The van der Waals surface area contributed by atoms with Crippen LogP contribution < -0.4 is 5.73 Å². The number of benzene rings is 1. The Hall–Kier alpha value is -1.41. The molecule has 2 heteroatoms. The Morgan fingerprint density at radius 2 is 2.05 bits per heavy atom. The highest BCUT2D eigenvalue weighted by Crippen LogP contribution is 2.26. The minimum absolute atomic E-state index is 0.140. The van der Waals surface area contributed by atoms with Crippen LogP contribution in [-0.4, -0.2) is 4.98 Å². The minimum Gasteiger partial charge on any atom is -0.324 e. The van der Waals surface area contributed by atoms with Crippen molar-refractivity contribution in [1.82, 2.24) is 4.98 Å². The van der Waals surface area contributed by atoms with Crippen molar-refractivity contribution in [3.63, 3.8) is 0 Å². The average molecular weight is 270 g/mol. The molecule has 0 spiro atoms. The minimum atomic E-state index is 0.140. The Bertz CT molecular complexity index is 536. The van der Waals surface area contributed by atoms with Gasteiger partial charge in [-0.1, -0.05) is 51.7 Å². The Morgan fingerprint density at radius 3 is 2.80 bits per heavy atom. The zero-order valence-corrected chi connectivity index (χ0v) is 12.7. The van der Waals surface area contributed by atoms with Crippen LogP contribution >= 0.6 is 0 Å². The number of fused-ring (bicyclic) bond motifs is 1. The summed E-state index contributed by atoms with van der Waals surface area (Å²) in [4.78, 5) is 4.36. The molecule has 0 saturated carbocycles. The first-order chi connectivity index (χ1) is 9.74. The lowest BCUT2D eigenvalue weighted by Gasteiger charge is -2.20. The van der Waals surface area contributed by atoms with Crippen molar-refractivity contribution in [2.45, 2.75) is 52.0 Å². The Kier molecular flexibility index (Phi) is 5.54. The van der Waals surface area contributed by atoms with Crippen LogP contribution in [0.5, 0.6) is 0 Å². The van der Waals surface area contributed by atoms with E-state index in [0.29, 0.717) is 0 Å². The molecule has 1 aromatic heterocycles. The van der Waals surface area contributed by atoms with Gasteiger partial charge in [0.25, 0.3) is 0 Å². The molecule has 0 aliphatic rings. The number of rotatable bonds is 7. The van der Waals surface area contributed by atoms with Crippen LogP contribution in [0.3, 0.4) is 0 Å². The predicted octanol–water partition coefficient (Wildman–Crippen LogP) is 4.84. The lowest BCUT2D eigenvalue weighted by atomic mass is 9.89. The van der Waals surface area contributed by atoms with Crippen molar-refractivity contribution in [2.24, 2.45) is 11.7 Å². The maximum Gasteiger partial charge on any atom is 0.0702 e. The average Bonchev–Trinajstić information content (AvgIpc) is 2.50. The van der Waals surface area contributed by atoms with Gasteiger partial charge in [-0.3, -0.25) is 4.98 Å². The maximum atomic E-state index is 6.41. The molecule has 2 atom stereocenters. The first-order valence-corrected chi connectivity index (χ1v) is 7.84. The van der Waals surface area contributed by atoms with Gasteiger partial charge in [-0.25, -0.2) is 0 Å². The molecule has 2 N–H and O–H groups in total. The number of hydrogen-bond donors (Lipinski definition) is 1. The lowest BCUT2D eigenvalue weighted by Crippen LogP contribution is -2.15. The van der Waals surface area contributed by atoms with Crippen LogP contribution in [0, 0.1) is 5.92 Å². The largest absolute Gasteiger partial charge is 0.324 e. The van der Waals surface area contributed by atoms with Gasteiger partial charge in [-0.2, -0.15) is 0 Å². The molecule has 108 valence electrons. The zero-order chi connectivity index (χ0) is 14.4. The maximum absolute atomic E-state index is 6.41. The van der Waals surface area contributed by atoms with Gasteiger partial charge in [-0.05, 0) is 36.1 Å². The second-order valence-electron chi connectivity index (χ2n) is 5.71. The number of unbranched alkanes of at least 4 members (excludes halogenated alkanes) is 1.